The average molecular weight is 326 g/mol. The summed E-state index contributed by atoms with van der Waals surface area (Å²) in [4.78, 5) is 12.1. The highest BCUT2D eigenvalue weighted by Crippen LogP contribution is 2.30. The number of carbonyl (C=O) groups excluding carboxylic acids is 1. The molecule has 124 valence electrons. The van der Waals surface area contributed by atoms with Crippen LogP contribution < -0.4 is 10.2 Å². The minimum absolute atomic E-state index is 0.251. The van der Waals surface area contributed by atoms with Crippen LogP contribution in [-0.4, -0.2) is 18.7 Å². The standard InChI is InChI=1S/C19H19FN2O2/c1-12-15-7-4-8-17(16(15)9-10-18(12)24-2)21-22-19(23)13-5-3-6-14(20)11-13/h3,5-6,9-11H,4,7-8H2,1-2H3,(H,22,23)/b21-17-. The summed E-state index contributed by atoms with van der Waals surface area (Å²) in [5.41, 5.74) is 6.99. The van der Waals surface area contributed by atoms with Crippen LogP contribution in [0.3, 0.4) is 0 Å². The minimum atomic E-state index is -0.443. The molecule has 3 rings (SSSR count). The fraction of sp³-hybridized carbons (Fsp3) is 0.263. The maximum atomic E-state index is 13.2. The third-order valence-electron chi connectivity index (χ3n) is 4.30. The molecular weight excluding hydrogens is 307 g/mol. The summed E-state index contributed by atoms with van der Waals surface area (Å²) in [5.74, 6) is -0.000752. The van der Waals surface area contributed by atoms with E-state index < -0.39 is 11.7 Å². The number of nitrogens with one attached hydrogen (secondary N) is 1. The topological polar surface area (TPSA) is 50.7 Å². The molecule has 0 aromatic heterocycles. The van der Waals surface area contributed by atoms with Gasteiger partial charge in [0.15, 0.2) is 0 Å². The van der Waals surface area contributed by atoms with Gasteiger partial charge in [0.25, 0.3) is 5.91 Å². The van der Waals surface area contributed by atoms with E-state index in [0.29, 0.717) is 0 Å². The number of halogens is 1. The van der Waals surface area contributed by atoms with Gasteiger partial charge in [0.2, 0.25) is 0 Å². The molecule has 0 spiro atoms. The van der Waals surface area contributed by atoms with Crippen LogP contribution in [0.1, 0.15) is 39.9 Å². The highest BCUT2D eigenvalue weighted by molar-refractivity contribution is 6.04. The fourth-order valence-corrected chi connectivity index (χ4v) is 3.04. The summed E-state index contributed by atoms with van der Waals surface area (Å²) in [5, 5.41) is 4.28. The molecule has 2 aromatic rings. The van der Waals surface area contributed by atoms with Crippen LogP contribution in [-0.2, 0) is 6.42 Å². The predicted molar refractivity (Wildman–Crippen MR) is 91.1 cm³/mol. The van der Waals surface area contributed by atoms with Crippen LogP contribution in [0.15, 0.2) is 41.5 Å². The Morgan fingerprint density at radius 2 is 2.08 bits per heavy atom. The first kappa shape index (κ1) is 16.2. The van der Waals surface area contributed by atoms with E-state index in [2.05, 4.69) is 10.5 Å². The van der Waals surface area contributed by atoms with E-state index in [0.717, 1.165) is 41.9 Å². The molecule has 1 N–H and O–H groups in total. The van der Waals surface area contributed by atoms with Gasteiger partial charge in [-0.25, -0.2) is 9.82 Å². The second kappa shape index (κ2) is 6.83. The van der Waals surface area contributed by atoms with Crippen LogP contribution >= 0.6 is 0 Å². The SMILES string of the molecule is COc1ccc2c(c1C)CCC/C2=N/NC(=O)c1cccc(F)c1. The smallest absolute Gasteiger partial charge is 0.271 e. The molecule has 0 atom stereocenters. The summed E-state index contributed by atoms with van der Waals surface area (Å²) in [6.45, 7) is 2.03. The lowest BCUT2D eigenvalue weighted by atomic mass is 9.87. The lowest BCUT2D eigenvalue weighted by Crippen LogP contribution is -2.22. The molecule has 1 aliphatic carbocycles. The Bertz CT molecular complexity index is 815. The third-order valence-corrected chi connectivity index (χ3v) is 4.30. The van der Waals surface area contributed by atoms with Crippen molar-refractivity contribution in [2.45, 2.75) is 26.2 Å². The highest BCUT2D eigenvalue weighted by atomic mass is 19.1. The molecular formula is C19H19FN2O2. The first-order valence-electron chi connectivity index (χ1n) is 7.89. The van der Waals surface area contributed by atoms with Crippen molar-refractivity contribution in [3.05, 3.63) is 64.5 Å². The zero-order valence-corrected chi connectivity index (χ0v) is 13.7. The lowest BCUT2D eigenvalue weighted by molar-refractivity contribution is 0.0954. The molecule has 0 radical (unpaired) electrons. The predicted octanol–water partition coefficient (Wildman–Crippen LogP) is 3.61. The molecule has 1 aliphatic rings. The van der Waals surface area contributed by atoms with E-state index in [1.165, 1.54) is 23.8 Å². The number of methoxy groups -OCH3 is 1. The molecule has 0 saturated carbocycles. The Morgan fingerprint density at radius 3 is 2.83 bits per heavy atom. The number of benzene rings is 2. The largest absolute Gasteiger partial charge is 0.496 e. The number of hydrogen-bond donors (Lipinski definition) is 1. The first-order valence-corrected chi connectivity index (χ1v) is 7.89. The van der Waals surface area contributed by atoms with Gasteiger partial charge in [-0.05, 0) is 67.6 Å². The van der Waals surface area contributed by atoms with Gasteiger partial charge in [0, 0.05) is 11.1 Å². The summed E-state index contributed by atoms with van der Waals surface area (Å²) in [6, 6.07) is 9.46. The molecule has 0 fully saturated rings. The average Bonchev–Trinajstić information content (AvgIpc) is 2.60. The van der Waals surface area contributed by atoms with Gasteiger partial charge in [-0.3, -0.25) is 4.79 Å². The number of hydrazone groups is 1. The lowest BCUT2D eigenvalue weighted by Gasteiger charge is -2.21. The van der Waals surface area contributed by atoms with E-state index >= 15 is 0 Å². The third kappa shape index (κ3) is 3.15. The van der Waals surface area contributed by atoms with Gasteiger partial charge in [-0.1, -0.05) is 6.07 Å². The Morgan fingerprint density at radius 1 is 1.25 bits per heavy atom. The number of nitrogens with zero attached hydrogens (tertiary/aromatic N) is 1. The molecule has 4 nitrogen and oxygen atoms in total. The van der Waals surface area contributed by atoms with Crippen molar-refractivity contribution in [3.8, 4) is 5.75 Å². The van der Waals surface area contributed by atoms with Crippen molar-refractivity contribution in [2.75, 3.05) is 7.11 Å². The summed E-state index contributed by atoms with van der Waals surface area (Å²) >= 11 is 0. The number of fused-ring (bicyclic) bond motifs is 1. The van der Waals surface area contributed by atoms with Gasteiger partial charge in [-0.15, -0.1) is 0 Å². The zero-order valence-electron chi connectivity index (χ0n) is 13.7. The van der Waals surface area contributed by atoms with Crippen molar-refractivity contribution in [3.63, 3.8) is 0 Å². The fourth-order valence-electron chi connectivity index (χ4n) is 3.04. The minimum Gasteiger partial charge on any atom is -0.496 e. The van der Waals surface area contributed by atoms with Crippen LogP contribution in [0.2, 0.25) is 0 Å². The molecule has 0 bridgehead atoms. The zero-order chi connectivity index (χ0) is 17.1. The molecule has 0 saturated heterocycles. The van der Waals surface area contributed by atoms with Crippen LogP contribution in [0, 0.1) is 12.7 Å². The molecule has 24 heavy (non-hydrogen) atoms. The maximum Gasteiger partial charge on any atom is 0.271 e. The van der Waals surface area contributed by atoms with Crippen molar-refractivity contribution in [1.82, 2.24) is 5.43 Å². The van der Waals surface area contributed by atoms with Gasteiger partial charge in [0.05, 0.1) is 12.8 Å². The van der Waals surface area contributed by atoms with Gasteiger partial charge >= 0.3 is 0 Å². The Balaban J connectivity index is 1.85. The van der Waals surface area contributed by atoms with E-state index in [-0.39, 0.29) is 5.56 Å². The second-order valence-electron chi connectivity index (χ2n) is 5.78. The van der Waals surface area contributed by atoms with E-state index in [1.807, 2.05) is 19.1 Å². The Kier molecular flexibility index (Phi) is 4.60. The van der Waals surface area contributed by atoms with Crippen molar-refractivity contribution >= 4 is 11.6 Å². The van der Waals surface area contributed by atoms with Crippen molar-refractivity contribution < 1.29 is 13.9 Å². The van der Waals surface area contributed by atoms with Crippen LogP contribution in [0.5, 0.6) is 5.75 Å². The maximum absolute atomic E-state index is 13.2. The summed E-state index contributed by atoms with van der Waals surface area (Å²) in [7, 11) is 1.66. The molecule has 1 amide bonds. The Labute approximate surface area is 140 Å². The molecule has 2 aromatic carbocycles. The first-order chi connectivity index (χ1) is 11.6. The summed E-state index contributed by atoms with van der Waals surface area (Å²) < 4.78 is 18.6. The van der Waals surface area contributed by atoms with E-state index in [1.54, 1.807) is 13.2 Å². The monoisotopic (exact) mass is 326 g/mol. The highest BCUT2D eigenvalue weighted by Gasteiger charge is 2.19. The Hall–Kier alpha value is -2.69. The van der Waals surface area contributed by atoms with Gasteiger partial charge in [-0.2, -0.15) is 5.10 Å². The van der Waals surface area contributed by atoms with Gasteiger partial charge in [0.1, 0.15) is 11.6 Å². The molecule has 0 heterocycles. The number of hydrogen-bond acceptors (Lipinski definition) is 3. The second-order valence-corrected chi connectivity index (χ2v) is 5.78. The molecule has 5 heteroatoms. The van der Waals surface area contributed by atoms with Crippen molar-refractivity contribution in [2.24, 2.45) is 5.10 Å². The number of rotatable bonds is 3. The molecule has 0 aliphatic heterocycles. The van der Waals surface area contributed by atoms with E-state index in [9.17, 15) is 9.18 Å². The van der Waals surface area contributed by atoms with Crippen molar-refractivity contribution in [1.29, 1.82) is 0 Å². The van der Waals surface area contributed by atoms with Gasteiger partial charge < -0.3 is 4.74 Å². The number of ether oxygens (including phenoxy) is 1. The number of amides is 1. The van der Waals surface area contributed by atoms with E-state index in [4.69, 9.17) is 4.74 Å². The van der Waals surface area contributed by atoms with Crippen LogP contribution in [0.4, 0.5) is 4.39 Å². The number of carbonyl (C=O) groups is 1. The summed E-state index contributed by atoms with van der Waals surface area (Å²) in [6.07, 6.45) is 2.73. The molecule has 0 unspecified atom stereocenters. The van der Waals surface area contributed by atoms with Crippen LogP contribution in [0.25, 0.3) is 0 Å². The normalized spacial score (nSPS) is 15.0. The quantitative estimate of drug-likeness (QED) is 0.876.